The molecule has 0 atom stereocenters. The molecule has 9 heteroatoms. The van der Waals surface area contributed by atoms with Crippen molar-refractivity contribution < 1.29 is 9.59 Å². The molecule has 0 bridgehead atoms. The second-order valence-electron chi connectivity index (χ2n) is 5.33. The maximum Gasteiger partial charge on any atom is 0.260 e. The van der Waals surface area contributed by atoms with Gasteiger partial charge < -0.3 is 4.98 Å². The second kappa shape index (κ2) is 8.15. The number of thiophene rings is 1. The van der Waals surface area contributed by atoms with Crippen LogP contribution in [-0.4, -0.2) is 27.5 Å². The van der Waals surface area contributed by atoms with E-state index in [2.05, 4.69) is 31.2 Å². The van der Waals surface area contributed by atoms with E-state index in [1.807, 2.05) is 13.0 Å². The minimum atomic E-state index is -0.467. The highest BCUT2D eigenvalue weighted by Gasteiger charge is 2.13. The molecule has 2 aromatic heterocycles. The number of fused-ring (bicyclic) bond motifs is 1. The zero-order valence-electron chi connectivity index (χ0n) is 13.7. The molecule has 1 aromatic carbocycles. The van der Waals surface area contributed by atoms with Crippen LogP contribution in [0.5, 0.6) is 0 Å². The van der Waals surface area contributed by atoms with Gasteiger partial charge in [0, 0.05) is 14.9 Å². The van der Waals surface area contributed by atoms with Gasteiger partial charge in [-0.1, -0.05) is 34.6 Å². The highest BCUT2D eigenvalue weighted by molar-refractivity contribution is 9.10. The van der Waals surface area contributed by atoms with E-state index in [9.17, 15) is 14.4 Å². The molecule has 6 nitrogen and oxygen atoms in total. The molecule has 0 radical (unpaired) electrons. The first-order chi connectivity index (χ1) is 12.5. The van der Waals surface area contributed by atoms with Gasteiger partial charge in [-0.2, -0.15) is 0 Å². The molecule has 3 rings (SSSR count). The Kier molecular flexibility index (Phi) is 5.90. The topological polar surface area (TPSA) is 91.9 Å². The molecule has 0 fully saturated rings. The van der Waals surface area contributed by atoms with Gasteiger partial charge in [-0.25, -0.2) is 4.98 Å². The van der Waals surface area contributed by atoms with E-state index in [1.54, 1.807) is 24.3 Å². The minimum Gasteiger partial charge on any atom is -0.301 e. The Balaban J connectivity index is 1.64. The fourth-order valence-electron chi connectivity index (χ4n) is 2.17. The van der Waals surface area contributed by atoms with Gasteiger partial charge in [0.1, 0.15) is 4.83 Å². The number of aryl methyl sites for hydroxylation is 1. The number of nitrogens with zero attached hydrogens (tertiary/aromatic N) is 1. The molecule has 2 amide bonds. The van der Waals surface area contributed by atoms with Crippen molar-refractivity contribution in [2.75, 3.05) is 5.75 Å². The van der Waals surface area contributed by atoms with E-state index in [-0.39, 0.29) is 11.3 Å². The Bertz CT molecular complexity index is 1030. The highest BCUT2D eigenvalue weighted by Crippen LogP contribution is 2.23. The van der Waals surface area contributed by atoms with Crippen molar-refractivity contribution >= 4 is 61.1 Å². The largest absolute Gasteiger partial charge is 0.301 e. The summed E-state index contributed by atoms with van der Waals surface area (Å²) in [5.74, 6) is -0.945. The van der Waals surface area contributed by atoms with Crippen molar-refractivity contribution in [3.63, 3.8) is 0 Å². The lowest BCUT2D eigenvalue weighted by atomic mass is 10.2. The van der Waals surface area contributed by atoms with Gasteiger partial charge in [-0.3, -0.25) is 19.7 Å². The number of carbonyl (C=O) groups is 2. The SMILES string of the molecule is CCc1cc2c(=O)[nH]c(SCC(=O)NC(=O)c3ccc(Br)cc3)nc2s1. The summed E-state index contributed by atoms with van der Waals surface area (Å²) in [7, 11) is 0. The molecular formula is C17H14BrN3O3S2. The molecule has 0 saturated carbocycles. The van der Waals surface area contributed by atoms with Crippen LogP contribution >= 0.6 is 39.0 Å². The molecule has 0 saturated heterocycles. The molecule has 0 aliphatic heterocycles. The fraction of sp³-hybridized carbons (Fsp3) is 0.176. The average molecular weight is 452 g/mol. The Morgan fingerprint density at radius 3 is 2.73 bits per heavy atom. The molecule has 0 spiro atoms. The van der Waals surface area contributed by atoms with Crippen molar-refractivity contribution in [1.29, 1.82) is 0 Å². The van der Waals surface area contributed by atoms with Gasteiger partial charge >= 0.3 is 0 Å². The maximum absolute atomic E-state index is 12.1. The van der Waals surface area contributed by atoms with E-state index in [0.717, 1.165) is 27.5 Å². The molecule has 134 valence electrons. The lowest BCUT2D eigenvalue weighted by Crippen LogP contribution is -2.31. The number of rotatable bonds is 5. The molecule has 0 unspecified atom stereocenters. The van der Waals surface area contributed by atoms with Crippen LogP contribution in [0.1, 0.15) is 22.2 Å². The third-order valence-corrected chi connectivity index (χ3v) is 6.05. The van der Waals surface area contributed by atoms with Crippen LogP contribution in [-0.2, 0) is 11.2 Å². The first kappa shape index (κ1) is 18.8. The first-order valence-corrected chi connectivity index (χ1v) is 10.3. The number of amides is 2. The van der Waals surface area contributed by atoms with Crippen LogP contribution in [0.15, 0.2) is 44.8 Å². The number of halogens is 1. The Hall–Kier alpha value is -1.97. The van der Waals surface area contributed by atoms with E-state index in [4.69, 9.17) is 0 Å². The summed E-state index contributed by atoms with van der Waals surface area (Å²) < 4.78 is 0.848. The lowest BCUT2D eigenvalue weighted by molar-refractivity contribution is -0.117. The summed E-state index contributed by atoms with van der Waals surface area (Å²) in [6.07, 6.45) is 0.837. The number of imide groups is 1. The van der Waals surface area contributed by atoms with Crippen LogP contribution in [0.4, 0.5) is 0 Å². The van der Waals surface area contributed by atoms with Gasteiger partial charge in [0.2, 0.25) is 5.91 Å². The zero-order chi connectivity index (χ0) is 18.7. The van der Waals surface area contributed by atoms with Crippen molar-refractivity contribution in [2.45, 2.75) is 18.5 Å². The summed E-state index contributed by atoms with van der Waals surface area (Å²) >= 11 is 5.84. The van der Waals surface area contributed by atoms with Gasteiger partial charge in [0.15, 0.2) is 5.16 Å². The first-order valence-electron chi connectivity index (χ1n) is 7.71. The number of H-pyrrole nitrogens is 1. The number of nitrogens with one attached hydrogen (secondary N) is 2. The highest BCUT2D eigenvalue weighted by atomic mass is 79.9. The Morgan fingerprint density at radius 1 is 1.31 bits per heavy atom. The van der Waals surface area contributed by atoms with E-state index < -0.39 is 11.8 Å². The normalized spacial score (nSPS) is 10.8. The molecule has 0 aliphatic rings. The third-order valence-electron chi connectivity index (χ3n) is 3.48. The third kappa shape index (κ3) is 4.40. The number of hydrogen-bond acceptors (Lipinski definition) is 6. The molecule has 2 N–H and O–H groups in total. The number of benzene rings is 1. The number of aromatic amines is 1. The van der Waals surface area contributed by atoms with Crippen LogP contribution in [0.3, 0.4) is 0 Å². The Labute approximate surface area is 165 Å². The summed E-state index contributed by atoms with van der Waals surface area (Å²) in [5.41, 5.74) is 0.171. The van der Waals surface area contributed by atoms with Gasteiger partial charge in [0.05, 0.1) is 11.1 Å². The summed E-state index contributed by atoms with van der Waals surface area (Å²) in [6.45, 7) is 2.02. The number of carbonyl (C=O) groups excluding carboxylic acids is 2. The van der Waals surface area contributed by atoms with Gasteiger partial charge in [0.25, 0.3) is 11.5 Å². The van der Waals surface area contributed by atoms with Crippen LogP contribution in [0.2, 0.25) is 0 Å². The predicted molar refractivity (Wildman–Crippen MR) is 107 cm³/mol. The van der Waals surface area contributed by atoms with E-state index >= 15 is 0 Å². The number of thioether (sulfide) groups is 1. The van der Waals surface area contributed by atoms with Crippen molar-refractivity contribution in [3.8, 4) is 0 Å². The molecular weight excluding hydrogens is 438 g/mol. The molecule has 3 aromatic rings. The molecule has 0 aliphatic carbocycles. The quantitative estimate of drug-likeness (QED) is 0.458. The van der Waals surface area contributed by atoms with Crippen LogP contribution in [0, 0.1) is 0 Å². The average Bonchev–Trinajstić information content (AvgIpc) is 3.04. The monoisotopic (exact) mass is 451 g/mol. The van der Waals surface area contributed by atoms with Crippen molar-refractivity contribution in [1.82, 2.24) is 15.3 Å². The number of hydrogen-bond donors (Lipinski definition) is 2. The zero-order valence-corrected chi connectivity index (χ0v) is 16.9. The summed E-state index contributed by atoms with van der Waals surface area (Å²) in [4.78, 5) is 44.9. The predicted octanol–water partition coefficient (Wildman–Crippen LogP) is 3.36. The van der Waals surface area contributed by atoms with E-state index in [1.165, 1.54) is 11.3 Å². The standard InChI is InChI=1S/C17H14BrN3O3S2/c1-2-11-7-12-15(24)20-17(21-16(12)26-11)25-8-13(22)19-14(23)9-3-5-10(18)6-4-9/h3-7H,2,8H2,1H3,(H,19,22,23)(H,20,21,24). The van der Waals surface area contributed by atoms with Gasteiger partial charge in [-0.05, 0) is 36.8 Å². The second-order valence-corrected chi connectivity index (χ2v) is 8.32. The van der Waals surface area contributed by atoms with Crippen LogP contribution < -0.4 is 10.9 Å². The summed E-state index contributed by atoms with van der Waals surface area (Å²) in [5, 5.41) is 3.24. The van der Waals surface area contributed by atoms with Crippen molar-refractivity contribution in [2.24, 2.45) is 0 Å². The Morgan fingerprint density at radius 2 is 2.04 bits per heavy atom. The number of aromatic nitrogens is 2. The minimum absolute atomic E-state index is 0.0251. The lowest BCUT2D eigenvalue weighted by Gasteiger charge is -2.04. The van der Waals surface area contributed by atoms with E-state index in [0.29, 0.717) is 20.9 Å². The molecule has 2 heterocycles. The molecule has 26 heavy (non-hydrogen) atoms. The summed E-state index contributed by atoms with van der Waals surface area (Å²) in [6, 6.07) is 8.53. The van der Waals surface area contributed by atoms with Crippen LogP contribution in [0.25, 0.3) is 10.2 Å². The van der Waals surface area contributed by atoms with Gasteiger partial charge in [-0.15, -0.1) is 11.3 Å². The fourth-order valence-corrected chi connectivity index (χ4v) is 4.13. The maximum atomic E-state index is 12.1. The smallest absolute Gasteiger partial charge is 0.260 e. The van der Waals surface area contributed by atoms with Crippen molar-refractivity contribution in [3.05, 3.63) is 55.6 Å².